The van der Waals surface area contributed by atoms with Crippen molar-refractivity contribution in [1.82, 2.24) is 5.32 Å². The Hall–Kier alpha value is -2.81. The first-order valence-corrected chi connectivity index (χ1v) is 6.82. The number of benzene rings is 1. The highest BCUT2D eigenvalue weighted by Gasteiger charge is 2.07. The molecule has 0 radical (unpaired) electrons. The number of nitrogens with one attached hydrogen (secondary N) is 1. The normalized spacial score (nSPS) is 9.50. The zero-order valence-electron chi connectivity index (χ0n) is 12.9. The van der Waals surface area contributed by atoms with Crippen molar-refractivity contribution >= 4 is 5.97 Å². The zero-order valence-corrected chi connectivity index (χ0v) is 12.9. The summed E-state index contributed by atoms with van der Waals surface area (Å²) in [4.78, 5) is 10.9. The lowest BCUT2D eigenvalue weighted by Crippen LogP contribution is -2.15. The first-order valence-electron chi connectivity index (χ1n) is 6.82. The molecule has 114 valence electrons. The van der Waals surface area contributed by atoms with Gasteiger partial charge in [-0.05, 0) is 35.8 Å². The Morgan fingerprint density at radius 2 is 1.86 bits per heavy atom. The van der Waals surface area contributed by atoms with Crippen LogP contribution in [0.3, 0.4) is 0 Å². The molecule has 1 aromatic rings. The van der Waals surface area contributed by atoms with Crippen molar-refractivity contribution in [3.8, 4) is 0 Å². The third-order valence-corrected chi connectivity index (χ3v) is 3.36. The van der Waals surface area contributed by atoms with Crippen LogP contribution in [0.4, 0.5) is 0 Å². The Kier molecular flexibility index (Phi) is 6.14. The van der Waals surface area contributed by atoms with Gasteiger partial charge < -0.3 is 10.4 Å². The summed E-state index contributed by atoms with van der Waals surface area (Å²) in [6, 6.07) is 5.06. The number of allylic oxidation sites excluding steroid dienone is 4. The van der Waals surface area contributed by atoms with E-state index in [1.165, 1.54) is 0 Å². The van der Waals surface area contributed by atoms with Gasteiger partial charge in [-0.2, -0.15) is 0 Å². The van der Waals surface area contributed by atoms with E-state index < -0.39 is 5.97 Å². The summed E-state index contributed by atoms with van der Waals surface area (Å²) in [5.74, 6) is -0.925. The second-order valence-electron chi connectivity index (χ2n) is 4.76. The summed E-state index contributed by atoms with van der Waals surface area (Å²) >= 11 is 0. The van der Waals surface area contributed by atoms with Crippen molar-refractivity contribution < 1.29 is 9.90 Å². The van der Waals surface area contributed by atoms with Crippen molar-refractivity contribution in [3.05, 3.63) is 96.3 Å². The fourth-order valence-corrected chi connectivity index (χ4v) is 2.04. The minimum absolute atomic E-state index is 0.285. The predicted octanol–water partition coefficient (Wildman–Crippen LogP) is 4.15. The Labute approximate surface area is 131 Å². The highest BCUT2D eigenvalue weighted by molar-refractivity contribution is 5.87. The van der Waals surface area contributed by atoms with Gasteiger partial charge in [-0.3, -0.25) is 0 Å². The first-order chi connectivity index (χ1) is 10.4. The van der Waals surface area contributed by atoms with Crippen molar-refractivity contribution in [2.45, 2.75) is 13.5 Å². The fraction of sp³-hybridized carbons (Fsp3) is 0.105. The molecular weight excluding hydrogens is 274 g/mol. The van der Waals surface area contributed by atoms with Gasteiger partial charge in [0.15, 0.2) is 0 Å². The number of rotatable bonds is 8. The van der Waals surface area contributed by atoms with Gasteiger partial charge >= 0.3 is 5.97 Å². The van der Waals surface area contributed by atoms with Gasteiger partial charge in [-0.25, -0.2) is 4.79 Å². The number of aromatic carboxylic acids is 1. The molecule has 0 saturated heterocycles. The van der Waals surface area contributed by atoms with Gasteiger partial charge in [0, 0.05) is 17.8 Å². The monoisotopic (exact) mass is 295 g/mol. The predicted molar refractivity (Wildman–Crippen MR) is 91.7 cm³/mol. The summed E-state index contributed by atoms with van der Waals surface area (Å²) in [5.41, 5.74) is 4.61. The Morgan fingerprint density at radius 3 is 2.32 bits per heavy atom. The topological polar surface area (TPSA) is 49.3 Å². The number of aryl methyl sites for hydroxylation is 1. The van der Waals surface area contributed by atoms with E-state index >= 15 is 0 Å². The van der Waals surface area contributed by atoms with E-state index in [0.29, 0.717) is 12.2 Å². The van der Waals surface area contributed by atoms with Crippen LogP contribution in [0.2, 0.25) is 0 Å². The number of hydrogen-bond donors (Lipinski definition) is 2. The molecule has 0 spiro atoms. The van der Waals surface area contributed by atoms with E-state index in [1.807, 2.05) is 6.92 Å². The molecular formula is C19H21NO2. The van der Waals surface area contributed by atoms with Gasteiger partial charge in [-0.1, -0.05) is 50.6 Å². The van der Waals surface area contributed by atoms with Crippen LogP contribution in [0.15, 0.2) is 79.6 Å². The molecule has 1 aromatic carbocycles. The average molecular weight is 295 g/mol. The Bertz CT molecular complexity index is 656. The number of hydrogen-bond acceptors (Lipinski definition) is 2. The molecule has 0 aromatic heterocycles. The van der Waals surface area contributed by atoms with Crippen LogP contribution in [0.1, 0.15) is 21.5 Å². The molecule has 0 atom stereocenters. The van der Waals surface area contributed by atoms with Crippen LogP contribution in [-0.4, -0.2) is 11.1 Å². The second kappa shape index (κ2) is 7.84. The van der Waals surface area contributed by atoms with Gasteiger partial charge in [0.1, 0.15) is 0 Å². The van der Waals surface area contributed by atoms with E-state index in [1.54, 1.807) is 36.4 Å². The molecule has 22 heavy (non-hydrogen) atoms. The number of carbonyl (C=O) groups is 1. The molecule has 0 amide bonds. The van der Waals surface area contributed by atoms with Crippen LogP contribution >= 0.6 is 0 Å². The molecule has 2 N–H and O–H groups in total. The van der Waals surface area contributed by atoms with Gasteiger partial charge in [0.2, 0.25) is 0 Å². The molecule has 1 rings (SSSR count). The lowest BCUT2D eigenvalue weighted by molar-refractivity contribution is 0.0697. The summed E-state index contributed by atoms with van der Waals surface area (Å²) in [6.45, 7) is 17.7. The van der Waals surface area contributed by atoms with Gasteiger partial charge in [0.05, 0.1) is 5.56 Å². The second-order valence-corrected chi connectivity index (χ2v) is 4.76. The molecule has 3 heteroatoms. The van der Waals surface area contributed by atoms with Crippen molar-refractivity contribution in [2.75, 3.05) is 0 Å². The molecule has 0 fully saturated rings. The molecule has 0 saturated carbocycles. The minimum atomic E-state index is -0.925. The molecule has 0 unspecified atom stereocenters. The third kappa shape index (κ3) is 4.09. The summed E-state index contributed by atoms with van der Waals surface area (Å²) in [6.07, 6.45) is 5.10. The van der Waals surface area contributed by atoms with E-state index in [9.17, 15) is 4.79 Å². The quantitative estimate of drug-likeness (QED) is 0.708. The summed E-state index contributed by atoms with van der Waals surface area (Å²) in [7, 11) is 0. The van der Waals surface area contributed by atoms with Gasteiger partial charge in [-0.15, -0.1) is 0 Å². The molecule has 0 heterocycles. The maximum absolute atomic E-state index is 10.9. The van der Waals surface area contributed by atoms with Crippen LogP contribution in [-0.2, 0) is 6.54 Å². The number of carboxylic acid groups (broad SMARTS) is 1. The van der Waals surface area contributed by atoms with E-state index in [4.69, 9.17) is 5.11 Å². The molecule has 0 bridgehead atoms. The van der Waals surface area contributed by atoms with Crippen molar-refractivity contribution in [1.29, 1.82) is 0 Å². The van der Waals surface area contributed by atoms with Crippen molar-refractivity contribution in [2.24, 2.45) is 0 Å². The Balaban J connectivity index is 2.90. The number of carboxylic acids is 1. The van der Waals surface area contributed by atoms with E-state index in [-0.39, 0.29) is 5.56 Å². The molecule has 0 aliphatic carbocycles. The van der Waals surface area contributed by atoms with Crippen LogP contribution in [0.25, 0.3) is 0 Å². The Morgan fingerprint density at radius 1 is 1.23 bits per heavy atom. The SMILES string of the molecule is C=CC(C=C)=C(C=C)C(=C)NCc1ccc(C(=O)O)cc1C. The summed E-state index contributed by atoms with van der Waals surface area (Å²) < 4.78 is 0. The average Bonchev–Trinajstić information content (AvgIpc) is 2.50. The first kappa shape index (κ1) is 17.2. The fourth-order valence-electron chi connectivity index (χ4n) is 2.04. The van der Waals surface area contributed by atoms with E-state index in [0.717, 1.165) is 22.3 Å². The lowest BCUT2D eigenvalue weighted by atomic mass is 10.0. The standard InChI is InChI=1S/C19H21NO2/c1-6-15(7-2)18(8-3)14(5)20-12-17-10-9-16(19(21)22)11-13(17)4/h6-11,20H,1-3,5,12H2,4H3,(H,21,22). The molecule has 3 nitrogen and oxygen atoms in total. The van der Waals surface area contributed by atoms with Crippen LogP contribution < -0.4 is 5.32 Å². The largest absolute Gasteiger partial charge is 0.478 e. The smallest absolute Gasteiger partial charge is 0.335 e. The van der Waals surface area contributed by atoms with E-state index in [2.05, 4.69) is 31.6 Å². The molecule has 0 aliphatic rings. The van der Waals surface area contributed by atoms with Crippen molar-refractivity contribution in [3.63, 3.8) is 0 Å². The highest BCUT2D eigenvalue weighted by Crippen LogP contribution is 2.16. The maximum atomic E-state index is 10.9. The van der Waals surface area contributed by atoms with Gasteiger partial charge in [0.25, 0.3) is 0 Å². The molecule has 0 aliphatic heterocycles. The highest BCUT2D eigenvalue weighted by atomic mass is 16.4. The zero-order chi connectivity index (χ0) is 16.7. The lowest BCUT2D eigenvalue weighted by Gasteiger charge is -2.14. The van der Waals surface area contributed by atoms with Crippen LogP contribution in [0.5, 0.6) is 0 Å². The van der Waals surface area contributed by atoms with Crippen LogP contribution in [0, 0.1) is 6.92 Å². The third-order valence-electron chi connectivity index (χ3n) is 3.36. The maximum Gasteiger partial charge on any atom is 0.335 e. The minimum Gasteiger partial charge on any atom is -0.478 e. The summed E-state index contributed by atoms with van der Waals surface area (Å²) in [5, 5.41) is 12.2.